The number of hydrogen-bond donors (Lipinski definition) is 1. The van der Waals surface area contributed by atoms with Crippen LogP contribution in [0.15, 0.2) is 18.2 Å². The quantitative estimate of drug-likeness (QED) is 0.805. The van der Waals surface area contributed by atoms with Crippen LogP contribution in [0.1, 0.15) is 15.9 Å². The zero-order valence-electron chi connectivity index (χ0n) is 9.45. The Kier molecular flexibility index (Phi) is 2.67. The highest BCUT2D eigenvalue weighted by Crippen LogP contribution is 2.27. The van der Waals surface area contributed by atoms with Crippen LogP contribution in [0.2, 0.25) is 0 Å². The number of carbonyl (C=O) groups excluding carboxylic acids is 1. The van der Waals surface area contributed by atoms with E-state index in [1.165, 1.54) is 13.2 Å². The molecule has 0 aliphatic rings. The van der Waals surface area contributed by atoms with Crippen molar-refractivity contribution in [3.05, 3.63) is 35.3 Å². The number of benzene rings is 1. The summed E-state index contributed by atoms with van der Waals surface area (Å²) in [7, 11) is 1.43. The molecule has 0 unspecified atom stereocenters. The number of halogens is 1. The number of nitrogens with zero attached hydrogens (tertiary/aromatic N) is 1. The molecule has 0 radical (unpaired) electrons. The summed E-state index contributed by atoms with van der Waals surface area (Å²) in [5, 5.41) is 0.622. The maximum Gasteiger partial charge on any atom is 0.248 e. The molecule has 1 aromatic heterocycles. The van der Waals surface area contributed by atoms with Crippen LogP contribution >= 0.6 is 0 Å². The molecule has 1 aromatic carbocycles. The predicted molar refractivity (Wildman–Crippen MR) is 61.5 cm³/mol. The first-order valence-corrected chi connectivity index (χ1v) is 4.97. The lowest BCUT2D eigenvalue weighted by Crippen LogP contribution is -2.11. The SMILES string of the molecule is COc1cc(C(N)=O)cc2cc(C)c(F)nc12. The molecule has 0 aliphatic carbocycles. The Morgan fingerprint density at radius 1 is 1.41 bits per heavy atom. The molecule has 2 aromatic rings. The summed E-state index contributed by atoms with van der Waals surface area (Å²) >= 11 is 0. The maximum atomic E-state index is 13.4. The molecule has 1 amide bonds. The smallest absolute Gasteiger partial charge is 0.248 e. The average Bonchev–Trinajstić information content (AvgIpc) is 2.29. The Labute approximate surface area is 97.2 Å². The first kappa shape index (κ1) is 11.3. The van der Waals surface area contributed by atoms with Crippen LogP contribution in [-0.4, -0.2) is 18.0 Å². The number of aromatic nitrogens is 1. The van der Waals surface area contributed by atoms with E-state index in [-0.39, 0.29) is 0 Å². The third kappa shape index (κ3) is 1.91. The monoisotopic (exact) mass is 234 g/mol. The van der Waals surface area contributed by atoms with Gasteiger partial charge in [0.2, 0.25) is 11.9 Å². The van der Waals surface area contributed by atoms with E-state index >= 15 is 0 Å². The lowest BCUT2D eigenvalue weighted by Gasteiger charge is -2.08. The van der Waals surface area contributed by atoms with E-state index in [2.05, 4.69) is 4.98 Å². The fourth-order valence-electron chi connectivity index (χ4n) is 1.64. The van der Waals surface area contributed by atoms with Crippen LogP contribution in [0.3, 0.4) is 0 Å². The molecule has 17 heavy (non-hydrogen) atoms. The molecule has 1 heterocycles. The molecule has 88 valence electrons. The topological polar surface area (TPSA) is 65.2 Å². The van der Waals surface area contributed by atoms with Gasteiger partial charge in [0, 0.05) is 16.5 Å². The number of amides is 1. The van der Waals surface area contributed by atoms with Gasteiger partial charge in [-0.05, 0) is 25.1 Å². The Balaban J connectivity index is 2.82. The number of primary amides is 1. The highest BCUT2D eigenvalue weighted by atomic mass is 19.1. The van der Waals surface area contributed by atoms with Gasteiger partial charge in [0.15, 0.2) is 0 Å². The largest absolute Gasteiger partial charge is 0.494 e. The first-order valence-electron chi connectivity index (χ1n) is 4.97. The lowest BCUT2D eigenvalue weighted by molar-refractivity contribution is 0.1000. The van der Waals surface area contributed by atoms with Gasteiger partial charge in [-0.1, -0.05) is 0 Å². The van der Waals surface area contributed by atoms with Gasteiger partial charge in [0.1, 0.15) is 11.3 Å². The van der Waals surface area contributed by atoms with E-state index in [4.69, 9.17) is 10.5 Å². The minimum Gasteiger partial charge on any atom is -0.494 e. The standard InChI is InChI=1S/C12H11FN2O2/c1-6-3-7-4-8(12(14)16)5-9(17-2)10(7)15-11(6)13/h3-5H,1-2H3,(H2,14,16). The number of hydrogen-bond acceptors (Lipinski definition) is 3. The van der Waals surface area contributed by atoms with Crippen LogP contribution in [0.25, 0.3) is 10.9 Å². The molecule has 4 nitrogen and oxygen atoms in total. The fraction of sp³-hybridized carbons (Fsp3) is 0.167. The Morgan fingerprint density at radius 3 is 2.71 bits per heavy atom. The van der Waals surface area contributed by atoms with E-state index in [0.717, 1.165) is 0 Å². The predicted octanol–water partition coefficient (Wildman–Crippen LogP) is 1.79. The third-order valence-electron chi connectivity index (χ3n) is 2.52. The lowest BCUT2D eigenvalue weighted by atomic mass is 10.1. The summed E-state index contributed by atoms with van der Waals surface area (Å²) in [5.41, 5.74) is 6.29. The molecule has 2 rings (SSSR count). The van der Waals surface area contributed by atoms with Crippen molar-refractivity contribution in [1.29, 1.82) is 0 Å². The molecular formula is C12H11FN2O2. The summed E-state index contributed by atoms with van der Waals surface area (Å²) in [5.74, 6) is -0.787. The molecule has 0 atom stereocenters. The normalized spacial score (nSPS) is 10.5. The van der Waals surface area contributed by atoms with Gasteiger partial charge < -0.3 is 10.5 Å². The number of methoxy groups -OCH3 is 1. The van der Waals surface area contributed by atoms with Gasteiger partial charge in [0.25, 0.3) is 0 Å². The zero-order chi connectivity index (χ0) is 12.6. The van der Waals surface area contributed by atoms with E-state index in [0.29, 0.717) is 27.8 Å². The van der Waals surface area contributed by atoms with Crippen LogP contribution in [0, 0.1) is 12.9 Å². The number of carbonyl (C=O) groups is 1. The zero-order valence-corrected chi connectivity index (χ0v) is 9.45. The minimum atomic E-state index is -0.563. The number of rotatable bonds is 2. The van der Waals surface area contributed by atoms with Gasteiger partial charge in [-0.15, -0.1) is 0 Å². The number of aryl methyl sites for hydroxylation is 1. The Hall–Kier alpha value is -2.17. The average molecular weight is 234 g/mol. The van der Waals surface area contributed by atoms with Gasteiger partial charge in [0.05, 0.1) is 7.11 Å². The van der Waals surface area contributed by atoms with Gasteiger partial charge >= 0.3 is 0 Å². The maximum absolute atomic E-state index is 13.4. The minimum absolute atomic E-state index is 0.308. The molecule has 0 spiro atoms. The molecule has 5 heteroatoms. The second-order valence-electron chi connectivity index (χ2n) is 3.71. The molecule has 0 saturated heterocycles. The molecule has 0 bridgehead atoms. The molecular weight excluding hydrogens is 223 g/mol. The summed E-state index contributed by atoms with van der Waals surface area (Å²) in [6.07, 6.45) is 0. The van der Waals surface area contributed by atoms with Crippen molar-refractivity contribution in [2.75, 3.05) is 7.11 Å². The van der Waals surface area contributed by atoms with E-state index in [1.807, 2.05) is 0 Å². The number of ether oxygens (including phenoxy) is 1. The highest BCUT2D eigenvalue weighted by Gasteiger charge is 2.11. The first-order chi connectivity index (χ1) is 8.02. The number of nitrogens with two attached hydrogens (primary N) is 1. The summed E-state index contributed by atoms with van der Waals surface area (Å²) in [4.78, 5) is 14.9. The fourth-order valence-corrected chi connectivity index (χ4v) is 1.64. The van der Waals surface area contributed by atoms with E-state index < -0.39 is 11.9 Å². The van der Waals surface area contributed by atoms with Crippen LogP contribution in [-0.2, 0) is 0 Å². The molecule has 0 fully saturated rings. The van der Waals surface area contributed by atoms with Crippen molar-refractivity contribution < 1.29 is 13.9 Å². The van der Waals surface area contributed by atoms with E-state index in [9.17, 15) is 9.18 Å². The molecule has 0 saturated carbocycles. The third-order valence-corrected chi connectivity index (χ3v) is 2.52. The van der Waals surface area contributed by atoms with Crippen molar-refractivity contribution in [1.82, 2.24) is 4.98 Å². The second-order valence-corrected chi connectivity index (χ2v) is 3.71. The second kappa shape index (κ2) is 4.01. The van der Waals surface area contributed by atoms with Gasteiger partial charge in [-0.25, -0.2) is 4.98 Å². The number of fused-ring (bicyclic) bond motifs is 1. The molecule has 2 N–H and O–H groups in total. The van der Waals surface area contributed by atoms with E-state index in [1.54, 1.807) is 19.1 Å². The van der Waals surface area contributed by atoms with Crippen LogP contribution in [0.5, 0.6) is 5.75 Å². The summed E-state index contributed by atoms with van der Waals surface area (Å²) in [6.45, 7) is 1.60. The van der Waals surface area contributed by atoms with Crippen LogP contribution < -0.4 is 10.5 Å². The summed E-state index contributed by atoms with van der Waals surface area (Å²) < 4.78 is 18.4. The van der Waals surface area contributed by atoms with Gasteiger partial charge in [-0.3, -0.25) is 4.79 Å². The van der Waals surface area contributed by atoms with Crippen molar-refractivity contribution in [3.8, 4) is 5.75 Å². The van der Waals surface area contributed by atoms with Crippen molar-refractivity contribution >= 4 is 16.8 Å². The van der Waals surface area contributed by atoms with Crippen LogP contribution in [0.4, 0.5) is 4.39 Å². The Morgan fingerprint density at radius 2 is 2.12 bits per heavy atom. The number of pyridine rings is 1. The van der Waals surface area contributed by atoms with Gasteiger partial charge in [-0.2, -0.15) is 4.39 Å². The van der Waals surface area contributed by atoms with Crippen molar-refractivity contribution in [2.24, 2.45) is 5.73 Å². The highest BCUT2D eigenvalue weighted by molar-refractivity contribution is 5.99. The molecule has 0 aliphatic heterocycles. The Bertz CT molecular complexity index is 611. The van der Waals surface area contributed by atoms with Crippen molar-refractivity contribution in [3.63, 3.8) is 0 Å². The van der Waals surface area contributed by atoms with Crippen molar-refractivity contribution in [2.45, 2.75) is 6.92 Å². The summed E-state index contributed by atoms with van der Waals surface area (Å²) in [6, 6.07) is 4.62.